The molecule has 2 heterocycles. The number of carbonyl (C=O) groups excluding carboxylic acids is 1. The molecular formula is C31H41N5O5S. The van der Waals surface area contributed by atoms with Gasteiger partial charge in [-0.05, 0) is 86.3 Å². The van der Waals surface area contributed by atoms with Gasteiger partial charge in [-0.1, -0.05) is 12.1 Å². The molecule has 5 atom stereocenters. The predicted octanol–water partition coefficient (Wildman–Crippen LogP) is 2.74. The Kier molecular flexibility index (Phi) is 7.11. The SMILES string of the molecule is O=C(NC1[C@@H]2CC3C[C@H]1CC(O)(C3)C2)N1CCN(c2ccc(N3CCN(S(=O)(=O)CCO)CC3)cc2)c2ccccc21. The van der Waals surface area contributed by atoms with E-state index in [1.807, 2.05) is 23.1 Å². The third kappa shape index (κ3) is 5.04. The molecule has 0 aromatic heterocycles. The summed E-state index contributed by atoms with van der Waals surface area (Å²) >= 11 is 0. The fraction of sp³-hybridized carbons (Fsp3) is 0.581. The molecular weight excluding hydrogens is 554 g/mol. The van der Waals surface area contributed by atoms with E-state index in [2.05, 4.69) is 45.4 Å². The van der Waals surface area contributed by atoms with Crippen LogP contribution in [0.15, 0.2) is 48.5 Å². The minimum atomic E-state index is -3.41. The molecule has 3 unspecified atom stereocenters. The predicted molar refractivity (Wildman–Crippen MR) is 163 cm³/mol. The fourth-order valence-electron chi connectivity index (χ4n) is 8.59. The zero-order valence-electron chi connectivity index (χ0n) is 23.9. The van der Waals surface area contributed by atoms with Crippen LogP contribution in [0.2, 0.25) is 0 Å². The minimum Gasteiger partial charge on any atom is -0.395 e. The van der Waals surface area contributed by atoms with Crippen molar-refractivity contribution in [1.29, 1.82) is 0 Å². The van der Waals surface area contributed by atoms with Gasteiger partial charge in [-0.3, -0.25) is 4.90 Å². The van der Waals surface area contributed by atoms with Gasteiger partial charge in [0.25, 0.3) is 0 Å². The van der Waals surface area contributed by atoms with Crippen LogP contribution < -0.4 is 20.0 Å². The Balaban J connectivity index is 1.03. The highest BCUT2D eigenvalue weighted by molar-refractivity contribution is 7.89. The lowest BCUT2D eigenvalue weighted by atomic mass is 9.52. The Morgan fingerprint density at radius 3 is 2.14 bits per heavy atom. The number of nitrogens with one attached hydrogen (secondary N) is 1. The first-order valence-corrected chi connectivity index (χ1v) is 16.9. The van der Waals surface area contributed by atoms with Gasteiger partial charge in [-0.25, -0.2) is 13.2 Å². The maximum atomic E-state index is 13.7. The van der Waals surface area contributed by atoms with Gasteiger partial charge in [0.1, 0.15) is 0 Å². The number of para-hydroxylation sites is 2. The van der Waals surface area contributed by atoms with Crippen molar-refractivity contribution in [2.24, 2.45) is 17.8 Å². The number of nitrogens with zero attached hydrogens (tertiary/aromatic N) is 4. The largest absolute Gasteiger partial charge is 0.395 e. The zero-order chi connectivity index (χ0) is 29.1. The molecule has 2 aromatic carbocycles. The van der Waals surface area contributed by atoms with Crippen molar-refractivity contribution in [3.63, 3.8) is 0 Å². The van der Waals surface area contributed by atoms with E-state index in [-0.39, 0.29) is 24.4 Å². The molecule has 8 rings (SSSR count). The lowest BCUT2D eigenvalue weighted by molar-refractivity contribution is -0.136. The van der Waals surface area contributed by atoms with Crippen LogP contribution in [0, 0.1) is 17.8 Å². The molecule has 2 aliphatic heterocycles. The molecule has 4 saturated carbocycles. The number of anilines is 4. The highest BCUT2D eigenvalue weighted by Gasteiger charge is 2.55. The van der Waals surface area contributed by atoms with Gasteiger partial charge >= 0.3 is 6.03 Å². The maximum absolute atomic E-state index is 13.7. The first-order valence-electron chi connectivity index (χ1n) is 15.3. The summed E-state index contributed by atoms with van der Waals surface area (Å²) in [5, 5.41) is 23.4. The van der Waals surface area contributed by atoms with E-state index in [0.29, 0.717) is 57.0 Å². The third-order valence-corrected chi connectivity index (χ3v) is 12.1. The molecule has 42 heavy (non-hydrogen) atoms. The second kappa shape index (κ2) is 10.7. The summed E-state index contributed by atoms with van der Waals surface area (Å²) in [6.07, 6.45) is 4.78. The zero-order valence-corrected chi connectivity index (χ0v) is 24.8. The van der Waals surface area contributed by atoms with Gasteiger partial charge in [0.05, 0.1) is 29.3 Å². The van der Waals surface area contributed by atoms with Crippen LogP contribution in [-0.2, 0) is 10.0 Å². The summed E-state index contributed by atoms with van der Waals surface area (Å²) in [5.41, 5.74) is 3.47. The van der Waals surface area contributed by atoms with Crippen LogP contribution in [0.1, 0.15) is 32.1 Å². The summed E-state index contributed by atoms with van der Waals surface area (Å²) in [6, 6.07) is 16.5. The van der Waals surface area contributed by atoms with Crippen molar-refractivity contribution < 1.29 is 23.4 Å². The van der Waals surface area contributed by atoms with Gasteiger partial charge in [0.2, 0.25) is 10.0 Å². The van der Waals surface area contributed by atoms with Crippen LogP contribution in [-0.4, -0.2) is 92.2 Å². The highest BCUT2D eigenvalue weighted by atomic mass is 32.2. The second-order valence-corrected chi connectivity index (χ2v) is 15.0. The molecule has 3 N–H and O–H groups in total. The number of sulfonamides is 1. The van der Waals surface area contributed by atoms with Crippen LogP contribution in [0.4, 0.5) is 27.5 Å². The molecule has 0 spiro atoms. The summed E-state index contributed by atoms with van der Waals surface area (Å²) in [4.78, 5) is 20.0. The van der Waals surface area contributed by atoms with E-state index in [0.717, 1.165) is 54.9 Å². The average Bonchev–Trinajstić information content (AvgIpc) is 2.98. The molecule has 1 saturated heterocycles. The second-order valence-electron chi connectivity index (χ2n) is 12.9. The molecule has 6 aliphatic rings. The lowest BCUT2D eigenvalue weighted by Gasteiger charge is -2.58. The van der Waals surface area contributed by atoms with E-state index in [1.54, 1.807) is 0 Å². The number of hydrogen-bond donors (Lipinski definition) is 3. The number of hydrogen-bond acceptors (Lipinski definition) is 7. The summed E-state index contributed by atoms with van der Waals surface area (Å²) in [5.74, 6) is 1.11. The normalized spacial score (nSPS) is 30.9. The highest BCUT2D eigenvalue weighted by Crippen LogP contribution is 2.55. The van der Waals surface area contributed by atoms with Gasteiger partial charge < -0.3 is 25.3 Å². The standard InChI is InChI=1S/C31H41N5O5S/c37-15-16-42(40,41)34-11-9-33(10-12-34)25-5-7-26(8-6-25)35-13-14-36(28-4-2-1-3-27(28)35)30(38)32-29-23-17-22-18-24(29)21-31(39,19-22)20-23/h1-8,22-24,29,37,39H,9-21H2,(H,32,38)/t22?,23-,24+,29?,31?. The number of rotatable bonds is 6. The third-order valence-electron chi connectivity index (χ3n) is 10.3. The number of aliphatic hydroxyl groups is 2. The number of fused-ring (bicyclic) bond motifs is 1. The van der Waals surface area contributed by atoms with Crippen LogP contribution in [0.25, 0.3) is 0 Å². The van der Waals surface area contributed by atoms with Crippen molar-refractivity contribution >= 4 is 38.8 Å². The number of benzene rings is 2. The Bertz CT molecular complexity index is 1410. The van der Waals surface area contributed by atoms with E-state index in [1.165, 1.54) is 4.31 Å². The average molecular weight is 596 g/mol. The number of carbonyl (C=O) groups is 1. The topological polar surface area (TPSA) is 117 Å². The lowest BCUT2D eigenvalue weighted by Crippen LogP contribution is -2.63. The fourth-order valence-corrected chi connectivity index (χ4v) is 9.80. The van der Waals surface area contributed by atoms with E-state index < -0.39 is 15.6 Å². The molecule has 226 valence electrons. The quantitative estimate of drug-likeness (QED) is 0.470. The van der Waals surface area contributed by atoms with Crippen LogP contribution in [0.5, 0.6) is 0 Å². The minimum absolute atomic E-state index is 0.0398. The van der Waals surface area contributed by atoms with Crippen molar-refractivity contribution in [2.75, 3.05) is 66.3 Å². The molecule has 11 heteroatoms. The number of amides is 2. The molecule has 0 radical (unpaired) electrons. The van der Waals surface area contributed by atoms with Crippen molar-refractivity contribution in [2.45, 2.75) is 43.7 Å². The van der Waals surface area contributed by atoms with E-state index in [9.17, 15) is 18.3 Å². The molecule has 4 aliphatic carbocycles. The maximum Gasteiger partial charge on any atom is 0.322 e. The van der Waals surface area contributed by atoms with Crippen molar-refractivity contribution in [1.82, 2.24) is 9.62 Å². The van der Waals surface area contributed by atoms with Gasteiger partial charge in [-0.15, -0.1) is 0 Å². The first kappa shape index (κ1) is 27.9. The Hall–Kier alpha value is -2.86. The Labute approximate surface area is 247 Å². The summed E-state index contributed by atoms with van der Waals surface area (Å²) in [7, 11) is -3.41. The summed E-state index contributed by atoms with van der Waals surface area (Å²) < 4.78 is 26.0. The van der Waals surface area contributed by atoms with Gasteiger partial charge in [0, 0.05) is 56.7 Å². The molecule has 4 bridgehead atoms. The van der Waals surface area contributed by atoms with Crippen molar-refractivity contribution in [3.05, 3.63) is 48.5 Å². The number of aliphatic hydroxyl groups excluding tert-OH is 1. The molecule has 2 amide bonds. The molecule has 5 fully saturated rings. The Morgan fingerprint density at radius 1 is 0.857 bits per heavy atom. The van der Waals surface area contributed by atoms with E-state index in [4.69, 9.17) is 5.11 Å². The molecule has 10 nitrogen and oxygen atoms in total. The summed E-state index contributed by atoms with van der Waals surface area (Å²) in [6.45, 7) is 2.90. The smallest absolute Gasteiger partial charge is 0.322 e. The van der Waals surface area contributed by atoms with Gasteiger partial charge in [-0.2, -0.15) is 4.31 Å². The van der Waals surface area contributed by atoms with Crippen molar-refractivity contribution in [3.8, 4) is 0 Å². The first-order chi connectivity index (χ1) is 20.2. The van der Waals surface area contributed by atoms with E-state index >= 15 is 0 Å². The van der Waals surface area contributed by atoms with Crippen LogP contribution in [0.3, 0.4) is 0 Å². The number of urea groups is 1. The van der Waals surface area contributed by atoms with Crippen LogP contribution >= 0.6 is 0 Å². The molecule has 2 aromatic rings. The monoisotopic (exact) mass is 595 g/mol. The Morgan fingerprint density at radius 2 is 1.50 bits per heavy atom. The number of piperazine rings is 1. The van der Waals surface area contributed by atoms with Gasteiger partial charge in [0.15, 0.2) is 0 Å².